The van der Waals surface area contributed by atoms with E-state index in [1.165, 1.54) is 18.6 Å². The number of carbonyl (C=O) groups excluding carboxylic acids is 1. The van der Waals surface area contributed by atoms with Crippen LogP contribution in [-0.4, -0.2) is 116 Å². The van der Waals surface area contributed by atoms with Gasteiger partial charge in [-0.15, -0.1) is 0 Å². The summed E-state index contributed by atoms with van der Waals surface area (Å²) < 4.78 is 34.7. The summed E-state index contributed by atoms with van der Waals surface area (Å²) in [6, 6.07) is 3.31. The Labute approximate surface area is 302 Å². The smallest absolute Gasteiger partial charge is 0.335 e. The number of allylic oxidation sites excluding steroid dienone is 1. The minimum absolute atomic E-state index is 0.110. The van der Waals surface area contributed by atoms with Crippen LogP contribution >= 0.6 is 0 Å². The van der Waals surface area contributed by atoms with Crippen LogP contribution in [0.5, 0.6) is 0 Å². The van der Waals surface area contributed by atoms with Crippen LogP contribution in [-0.2, 0) is 28.5 Å². The van der Waals surface area contributed by atoms with Crippen molar-refractivity contribution in [1.29, 1.82) is 0 Å². The number of esters is 1. The molecule has 52 heavy (non-hydrogen) atoms. The molecule has 2 saturated heterocycles. The van der Waals surface area contributed by atoms with Crippen LogP contribution in [0.3, 0.4) is 0 Å². The van der Waals surface area contributed by atoms with E-state index in [1.54, 1.807) is 13.2 Å². The maximum absolute atomic E-state index is 12.6. The monoisotopic (exact) mass is 734 g/mol. The van der Waals surface area contributed by atoms with Crippen molar-refractivity contribution in [2.75, 3.05) is 6.61 Å². The van der Waals surface area contributed by atoms with Gasteiger partial charge in [0.25, 0.3) is 0 Å². The molecular weight excluding hydrogens is 680 g/mol. The molecule has 4 aliphatic carbocycles. The summed E-state index contributed by atoms with van der Waals surface area (Å²) >= 11 is 0. The third-order valence-electron chi connectivity index (χ3n) is 13.9. The molecule has 0 radical (unpaired) electrons. The van der Waals surface area contributed by atoms with E-state index < -0.39 is 85.7 Å². The molecule has 7 rings (SSSR count). The number of carbonyl (C=O) groups is 1. The summed E-state index contributed by atoms with van der Waals surface area (Å²) in [5, 5.41) is 64.6. The van der Waals surface area contributed by atoms with Crippen LogP contribution in [0.1, 0.15) is 90.5 Å². The van der Waals surface area contributed by atoms with Crippen LogP contribution in [0.2, 0.25) is 0 Å². The Balaban J connectivity index is 1.05. The maximum Gasteiger partial charge on any atom is 0.335 e. The molecule has 2 aliphatic heterocycles. The summed E-state index contributed by atoms with van der Waals surface area (Å²) in [5.74, 6) is -0.176. The zero-order chi connectivity index (χ0) is 37.3. The molecule has 6 aliphatic rings. The summed E-state index contributed by atoms with van der Waals surface area (Å²) in [5.41, 5.74) is 0.560. The standard InChI is InChI=1S/C38H54O14/c1-18-32(52-34-30(44)29(43)28(42)26(16-39)51-34)33(49-19(2)40)31(45)35(48-18)50-22-9-12-36(3)21(15-22)6-7-25-24(36)10-13-37(4)23(11-14-38(25,37)46)20-5-8-27(41)47-17-20/h5,8,15,17-18,22-26,28-35,39,42-46H,6-7,9-14,16H2,1-4H3/t18-,22-,23+,24-,25+,26+,28+,29-,30+,31+,32-,33-,34-,35-,36-,37+,38-/m0/s1. The van der Waals surface area contributed by atoms with Crippen molar-refractivity contribution in [3.05, 3.63) is 46.0 Å². The Morgan fingerprint density at radius 1 is 0.885 bits per heavy atom. The number of ether oxygens (including phenoxy) is 5. The molecule has 0 spiro atoms. The minimum atomic E-state index is -1.70. The van der Waals surface area contributed by atoms with Crippen molar-refractivity contribution in [3.8, 4) is 0 Å². The Bertz CT molecular complexity index is 1540. The van der Waals surface area contributed by atoms with Gasteiger partial charge >= 0.3 is 11.6 Å². The third kappa shape index (κ3) is 6.20. The fourth-order valence-electron chi connectivity index (χ4n) is 11.0. The lowest BCUT2D eigenvalue weighted by Crippen LogP contribution is -2.64. The Morgan fingerprint density at radius 3 is 2.33 bits per heavy atom. The van der Waals surface area contributed by atoms with Crippen molar-refractivity contribution in [3.63, 3.8) is 0 Å². The molecule has 3 saturated carbocycles. The van der Waals surface area contributed by atoms with E-state index in [1.807, 2.05) is 6.07 Å². The largest absolute Gasteiger partial charge is 0.457 e. The molecule has 0 aromatic carbocycles. The predicted octanol–water partition coefficient (Wildman–Crippen LogP) is 1.41. The van der Waals surface area contributed by atoms with Crippen molar-refractivity contribution in [1.82, 2.24) is 0 Å². The highest BCUT2D eigenvalue weighted by Crippen LogP contribution is 2.70. The molecule has 0 amide bonds. The number of aliphatic hydroxyl groups excluding tert-OH is 5. The second-order valence-electron chi connectivity index (χ2n) is 16.5. The molecule has 3 heterocycles. The van der Waals surface area contributed by atoms with Gasteiger partial charge in [-0.25, -0.2) is 4.79 Å². The first-order valence-electron chi connectivity index (χ1n) is 18.8. The number of hydrogen-bond acceptors (Lipinski definition) is 14. The molecule has 14 nitrogen and oxygen atoms in total. The van der Waals surface area contributed by atoms with Gasteiger partial charge in [0.15, 0.2) is 18.7 Å². The highest BCUT2D eigenvalue weighted by atomic mass is 16.7. The van der Waals surface area contributed by atoms with Crippen molar-refractivity contribution < 1.29 is 63.5 Å². The second kappa shape index (κ2) is 14.1. The van der Waals surface area contributed by atoms with E-state index >= 15 is 0 Å². The quantitative estimate of drug-likeness (QED) is 0.173. The van der Waals surface area contributed by atoms with Gasteiger partial charge in [0.2, 0.25) is 0 Å². The minimum Gasteiger partial charge on any atom is -0.457 e. The average molecular weight is 735 g/mol. The van der Waals surface area contributed by atoms with Gasteiger partial charge in [0, 0.05) is 18.4 Å². The van der Waals surface area contributed by atoms with Crippen molar-refractivity contribution in [2.24, 2.45) is 22.7 Å². The van der Waals surface area contributed by atoms with Crippen molar-refractivity contribution >= 4 is 5.97 Å². The lowest BCUT2D eigenvalue weighted by Gasteiger charge is -2.62. The topological polar surface area (TPSA) is 215 Å². The molecule has 6 N–H and O–H groups in total. The normalized spacial score (nSPS) is 48.9. The van der Waals surface area contributed by atoms with Crippen LogP contribution in [0.4, 0.5) is 0 Å². The Kier molecular flexibility index (Phi) is 10.3. The zero-order valence-corrected chi connectivity index (χ0v) is 30.2. The van der Waals surface area contributed by atoms with Crippen LogP contribution < -0.4 is 5.63 Å². The summed E-state index contributed by atoms with van der Waals surface area (Å²) in [4.78, 5) is 23.8. The molecule has 5 fully saturated rings. The van der Waals surface area contributed by atoms with Crippen LogP contribution in [0.25, 0.3) is 0 Å². The van der Waals surface area contributed by atoms with Crippen LogP contribution in [0, 0.1) is 22.7 Å². The molecule has 1 aromatic heterocycles. The Morgan fingerprint density at radius 2 is 1.63 bits per heavy atom. The lowest BCUT2D eigenvalue weighted by molar-refractivity contribution is -0.358. The predicted molar refractivity (Wildman–Crippen MR) is 180 cm³/mol. The van der Waals surface area contributed by atoms with Crippen LogP contribution in [0.15, 0.2) is 39.3 Å². The summed E-state index contributed by atoms with van der Waals surface area (Å²) in [6.45, 7) is 6.69. The molecule has 290 valence electrons. The van der Waals surface area contributed by atoms with Crippen molar-refractivity contribution in [2.45, 2.75) is 158 Å². The van der Waals surface area contributed by atoms with Gasteiger partial charge in [-0.05, 0) is 93.1 Å². The lowest BCUT2D eigenvalue weighted by atomic mass is 9.45. The number of aliphatic hydroxyl groups is 6. The average Bonchev–Trinajstić information content (AvgIpc) is 3.39. The fraction of sp³-hybridized carbons (Fsp3) is 0.789. The van der Waals surface area contributed by atoms with Gasteiger partial charge in [-0.1, -0.05) is 25.5 Å². The number of fused-ring (bicyclic) bond motifs is 5. The molecule has 1 aromatic rings. The molecular formula is C38H54O14. The second-order valence-corrected chi connectivity index (χ2v) is 16.5. The molecule has 0 bridgehead atoms. The maximum atomic E-state index is 12.6. The van der Waals surface area contributed by atoms with E-state index in [0.717, 1.165) is 44.1 Å². The number of rotatable bonds is 7. The van der Waals surface area contributed by atoms with Gasteiger partial charge in [0.1, 0.15) is 36.6 Å². The van der Waals surface area contributed by atoms with E-state index in [-0.39, 0.29) is 34.2 Å². The molecule has 17 atom stereocenters. The highest BCUT2D eigenvalue weighted by molar-refractivity contribution is 5.66. The van der Waals surface area contributed by atoms with Gasteiger partial charge in [0.05, 0.1) is 30.7 Å². The summed E-state index contributed by atoms with van der Waals surface area (Å²) in [7, 11) is 0. The zero-order valence-electron chi connectivity index (χ0n) is 30.2. The SMILES string of the molecule is CC(=O)O[C@H]1[C@@H](O)[C@H](O[C@@H]2C=C3CC[C@@H]4[C@H](CC[C@]5(C)[C@@H](c6ccc(=O)oc6)CC[C@]45O)[C@@]3(C)CC2)O[C@@H](C)[C@@H]1O[C@@H]1O[C@H](CO)[C@@H](O)[C@H](O)[C@H]1O. The highest BCUT2D eigenvalue weighted by Gasteiger charge is 2.67. The molecule has 14 heteroatoms. The van der Waals surface area contributed by atoms with E-state index in [0.29, 0.717) is 12.8 Å². The summed E-state index contributed by atoms with van der Waals surface area (Å²) in [6.07, 6.45) is -3.91. The van der Waals surface area contributed by atoms with Gasteiger partial charge in [-0.3, -0.25) is 4.79 Å². The number of hydrogen-bond donors (Lipinski definition) is 6. The first-order valence-corrected chi connectivity index (χ1v) is 18.8. The van der Waals surface area contributed by atoms with Gasteiger partial charge < -0.3 is 58.7 Å². The van der Waals surface area contributed by atoms with E-state index in [9.17, 15) is 40.2 Å². The van der Waals surface area contributed by atoms with E-state index in [2.05, 4.69) is 19.9 Å². The van der Waals surface area contributed by atoms with Gasteiger partial charge in [-0.2, -0.15) is 0 Å². The first kappa shape index (κ1) is 38.1. The van der Waals surface area contributed by atoms with E-state index in [4.69, 9.17) is 28.1 Å². The first-order chi connectivity index (χ1) is 24.6. The fourth-order valence-corrected chi connectivity index (χ4v) is 11.0. The third-order valence-corrected chi connectivity index (χ3v) is 13.9. The molecule has 0 unspecified atom stereocenters. The Hall–Kier alpha value is -2.24.